The Balaban J connectivity index is 2.94. The summed E-state index contributed by atoms with van der Waals surface area (Å²) in [6.45, 7) is 3.72. The Labute approximate surface area is 103 Å². The molecule has 1 rings (SSSR count). The first kappa shape index (κ1) is 14.0. The van der Waals surface area contributed by atoms with Gasteiger partial charge in [0.15, 0.2) is 11.6 Å². The molecule has 5 nitrogen and oxygen atoms in total. The molecule has 17 heavy (non-hydrogen) atoms. The van der Waals surface area contributed by atoms with Gasteiger partial charge in [0.05, 0.1) is 0 Å². The molecular weight excluding hydrogens is 242 g/mol. The zero-order valence-corrected chi connectivity index (χ0v) is 10.8. The molecule has 0 radical (unpaired) electrons. The third-order valence-corrected chi connectivity index (χ3v) is 3.23. The number of carbonyl (C=O) groups excluding carboxylic acids is 2. The first-order valence-electron chi connectivity index (χ1n) is 5.05. The first-order valence-corrected chi connectivity index (χ1v) is 6.11. The maximum Gasteiger partial charge on any atom is 0.234 e. The van der Waals surface area contributed by atoms with Crippen LogP contribution in [-0.2, 0) is 20.9 Å². The molecule has 0 fully saturated rings. The van der Waals surface area contributed by atoms with E-state index in [1.807, 2.05) is 0 Å². The third kappa shape index (κ3) is 3.42. The topological polar surface area (TPSA) is 74.7 Å². The van der Waals surface area contributed by atoms with E-state index in [0.717, 1.165) is 0 Å². The number of rotatable bonds is 4. The van der Waals surface area contributed by atoms with Crippen LogP contribution in [0.25, 0.3) is 0 Å². The monoisotopic (exact) mass is 257 g/mol. The van der Waals surface area contributed by atoms with Gasteiger partial charge in [0, 0.05) is 24.6 Å². The molecule has 1 unspecified atom stereocenters. The number of carbonyl (C=O) groups is 2. The maximum absolute atomic E-state index is 11.7. The lowest BCUT2D eigenvalue weighted by Gasteiger charge is -2.30. The molecule has 0 saturated heterocycles. The van der Waals surface area contributed by atoms with Crippen molar-refractivity contribution in [2.45, 2.75) is 13.8 Å². The van der Waals surface area contributed by atoms with Crippen LogP contribution in [0.5, 0.6) is 0 Å². The molecule has 0 aliphatic heterocycles. The van der Waals surface area contributed by atoms with E-state index in [1.54, 1.807) is 13.8 Å². The van der Waals surface area contributed by atoms with E-state index in [0.29, 0.717) is 5.57 Å². The van der Waals surface area contributed by atoms with Crippen molar-refractivity contribution in [3.63, 3.8) is 0 Å². The molecule has 0 heterocycles. The summed E-state index contributed by atoms with van der Waals surface area (Å²) in [6.07, 6.45) is 3.74. The largest absolute Gasteiger partial charge is 0.294 e. The van der Waals surface area contributed by atoms with Crippen LogP contribution in [0, 0.1) is 5.41 Å². The second-order valence-electron chi connectivity index (χ2n) is 4.56. The van der Waals surface area contributed by atoms with Gasteiger partial charge in [-0.2, -0.15) is 0 Å². The predicted molar refractivity (Wildman–Crippen MR) is 64.4 cm³/mol. The lowest BCUT2D eigenvalue weighted by Crippen LogP contribution is -2.36. The molecule has 0 aromatic rings. The minimum Gasteiger partial charge on any atom is -0.294 e. The molecule has 0 aromatic heterocycles. The summed E-state index contributed by atoms with van der Waals surface area (Å²) < 4.78 is 21.0. The Hall–Kier alpha value is -1.11. The molecule has 1 atom stereocenters. The highest BCUT2D eigenvalue weighted by molar-refractivity contribution is 7.76. The average Bonchev–Trinajstić information content (AvgIpc) is 2.20. The number of hydrogen-bond acceptors (Lipinski definition) is 3. The molecule has 0 spiro atoms. The van der Waals surface area contributed by atoms with E-state index in [4.69, 9.17) is 4.55 Å². The first-order chi connectivity index (χ1) is 7.74. The van der Waals surface area contributed by atoms with E-state index in [1.165, 1.54) is 29.6 Å². The van der Waals surface area contributed by atoms with Gasteiger partial charge in [0.1, 0.15) is 0 Å². The van der Waals surface area contributed by atoms with Crippen LogP contribution >= 0.6 is 0 Å². The number of hydrogen-bond donors (Lipinski definition) is 1. The second kappa shape index (κ2) is 5.03. The van der Waals surface area contributed by atoms with E-state index in [2.05, 4.69) is 0 Å². The van der Waals surface area contributed by atoms with Gasteiger partial charge in [-0.05, 0) is 18.2 Å². The second-order valence-corrected chi connectivity index (χ2v) is 5.64. The molecule has 0 bridgehead atoms. The van der Waals surface area contributed by atoms with Gasteiger partial charge in [-0.25, -0.2) is 8.51 Å². The van der Waals surface area contributed by atoms with Crippen LogP contribution in [0.2, 0.25) is 0 Å². The van der Waals surface area contributed by atoms with Gasteiger partial charge in [0.25, 0.3) is 0 Å². The highest BCUT2D eigenvalue weighted by Gasteiger charge is 2.31. The van der Waals surface area contributed by atoms with Crippen molar-refractivity contribution < 1.29 is 18.4 Å². The standard InChI is InChI=1S/C11H15NO4S/c1-11(2,7-12(3)17(15)16)9-6-8(13)4-5-10(9)14/h4-6H,7H2,1-3H3,(H,15,16). The van der Waals surface area contributed by atoms with Crippen molar-refractivity contribution in [3.05, 3.63) is 23.8 Å². The van der Waals surface area contributed by atoms with E-state index >= 15 is 0 Å². The molecule has 0 saturated carbocycles. The molecule has 1 aliphatic carbocycles. The van der Waals surface area contributed by atoms with Crippen molar-refractivity contribution in [1.29, 1.82) is 0 Å². The fourth-order valence-electron chi connectivity index (χ4n) is 1.74. The molecule has 1 aliphatic rings. The van der Waals surface area contributed by atoms with Crippen molar-refractivity contribution in [3.8, 4) is 0 Å². The van der Waals surface area contributed by atoms with Crippen LogP contribution in [0.3, 0.4) is 0 Å². The summed E-state index contributed by atoms with van der Waals surface area (Å²) in [5, 5.41) is 0. The molecule has 6 heteroatoms. The summed E-state index contributed by atoms with van der Waals surface area (Å²) in [5.41, 5.74) is -0.299. The van der Waals surface area contributed by atoms with E-state index in [-0.39, 0.29) is 18.1 Å². The predicted octanol–water partition coefficient (Wildman–Crippen LogP) is 0.716. The number of ketones is 2. The van der Waals surface area contributed by atoms with Crippen LogP contribution in [0.15, 0.2) is 23.8 Å². The highest BCUT2D eigenvalue weighted by Crippen LogP contribution is 2.30. The Kier molecular flexibility index (Phi) is 4.13. The van der Waals surface area contributed by atoms with Crippen LogP contribution in [0.4, 0.5) is 0 Å². The van der Waals surface area contributed by atoms with E-state index < -0.39 is 16.7 Å². The smallest absolute Gasteiger partial charge is 0.234 e. The third-order valence-electron chi connectivity index (χ3n) is 2.56. The Morgan fingerprint density at radius 1 is 1.35 bits per heavy atom. The zero-order chi connectivity index (χ0) is 13.2. The van der Waals surface area contributed by atoms with Crippen LogP contribution in [0.1, 0.15) is 13.8 Å². The van der Waals surface area contributed by atoms with Crippen LogP contribution in [-0.4, -0.2) is 38.2 Å². The van der Waals surface area contributed by atoms with Crippen molar-refractivity contribution in [2.24, 2.45) is 5.41 Å². The quantitative estimate of drug-likeness (QED) is 0.594. The SMILES string of the molecule is CN(CC(C)(C)C1=CC(=O)C=CC1=O)S(=O)O. The summed E-state index contributed by atoms with van der Waals surface area (Å²) in [7, 11) is 1.48. The van der Waals surface area contributed by atoms with Crippen LogP contribution < -0.4 is 0 Å². The normalized spacial score (nSPS) is 18.5. The summed E-state index contributed by atoms with van der Waals surface area (Å²) >= 11 is -2.09. The molecule has 94 valence electrons. The lowest BCUT2D eigenvalue weighted by atomic mass is 9.79. The Bertz CT molecular complexity index is 437. The maximum atomic E-state index is 11.7. The van der Waals surface area contributed by atoms with Gasteiger partial charge < -0.3 is 0 Å². The van der Waals surface area contributed by atoms with Gasteiger partial charge in [-0.1, -0.05) is 13.8 Å². The van der Waals surface area contributed by atoms with Gasteiger partial charge in [0.2, 0.25) is 11.3 Å². The van der Waals surface area contributed by atoms with Gasteiger partial charge in [-0.15, -0.1) is 0 Å². The zero-order valence-electron chi connectivity index (χ0n) is 9.97. The van der Waals surface area contributed by atoms with Crippen molar-refractivity contribution in [1.82, 2.24) is 4.31 Å². The van der Waals surface area contributed by atoms with Gasteiger partial charge >= 0.3 is 0 Å². The molecule has 0 aromatic carbocycles. The fourth-order valence-corrected chi connectivity index (χ4v) is 2.17. The summed E-state index contributed by atoms with van der Waals surface area (Å²) in [6, 6.07) is 0. The van der Waals surface area contributed by atoms with Crippen molar-refractivity contribution >= 4 is 22.8 Å². The van der Waals surface area contributed by atoms with E-state index in [9.17, 15) is 13.8 Å². The summed E-state index contributed by atoms with van der Waals surface area (Å²) in [5.74, 6) is -0.466. The minimum atomic E-state index is -2.09. The van der Waals surface area contributed by atoms with Gasteiger partial charge in [-0.3, -0.25) is 14.1 Å². The fraction of sp³-hybridized carbons (Fsp3) is 0.455. The Morgan fingerprint density at radius 3 is 2.47 bits per heavy atom. The Morgan fingerprint density at radius 2 is 1.94 bits per heavy atom. The minimum absolute atomic E-state index is 0.203. The molecule has 1 N–H and O–H groups in total. The molecular formula is C11H15NO4S. The number of allylic oxidation sites excluding steroid dienone is 3. The average molecular weight is 257 g/mol. The van der Waals surface area contributed by atoms with Crippen molar-refractivity contribution in [2.75, 3.05) is 13.6 Å². The molecule has 0 amide bonds. The number of nitrogens with zero attached hydrogens (tertiary/aromatic N) is 1. The summed E-state index contributed by atoms with van der Waals surface area (Å²) in [4.78, 5) is 22.9. The highest BCUT2D eigenvalue weighted by atomic mass is 32.2. The lowest BCUT2D eigenvalue weighted by molar-refractivity contribution is -0.115.